The molecule has 20 heavy (non-hydrogen) atoms. The highest BCUT2D eigenvalue weighted by molar-refractivity contribution is 5.81. The number of aromatic nitrogens is 1. The van der Waals surface area contributed by atoms with Gasteiger partial charge in [0.15, 0.2) is 5.89 Å². The number of primary amides is 1. The van der Waals surface area contributed by atoms with Crippen LogP contribution in [0.25, 0.3) is 0 Å². The van der Waals surface area contributed by atoms with E-state index < -0.39 is 11.9 Å². The van der Waals surface area contributed by atoms with Gasteiger partial charge in [0.05, 0.1) is 12.7 Å². The molecule has 1 amide bonds. The molecule has 1 atom stereocenters. The number of nitrogens with one attached hydrogen (secondary N) is 1. The van der Waals surface area contributed by atoms with Crippen molar-refractivity contribution in [1.29, 1.82) is 0 Å². The summed E-state index contributed by atoms with van der Waals surface area (Å²) >= 11 is 0. The zero-order chi connectivity index (χ0) is 13.9. The zero-order valence-corrected chi connectivity index (χ0v) is 11.1. The minimum absolute atomic E-state index is 0.405. The maximum Gasteiger partial charge on any atom is 0.239 e. The van der Waals surface area contributed by atoms with E-state index in [1.165, 1.54) is 0 Å². The molecule has 0 saturated heterocycles. The molecule has 1 heterocycles. The summed E-state index contributed by atoms with van der Waals surface area (Å²) < 4.78 is 5.65. The van der Waals surface area contributed by atoms with Crippen LogP contribution in [0.3, 0.4) is 0 Å². The van der Waals surface area contributed by atoms with E-state index in [9.17, 15) is 4.79 Å². The molecular formula is C15H17N3O2. The van der Waals surface area contributed by atoms with Gasteiger partial charge in [0, 0.05) is 5.92 Å². The number of carbonyl (C=O) groups excluding carboxylic acids is 1. The summed E-state index contributed by atoms with van der Waals surface area (Å²) in [6.07, 6.45) is 4.02. The Morgan fingerprint density at radius 1 is 1.40 bits per heavy atom. The average molecular weight is 271 g/mol. The van der Waals surface area contributed by atoms with Gasteiger partial charge >= 0.3 is 0 Å². The predicted octanol–water partition coefficient (Wildman–Crippen LogP) is 1.87. The Kier molecular flexibility index (Phi) is 3.52. The van der Waals surface area contributed by atoms with Crippen molar-refractivity contribution in [2.45, 2.75) is 31.3 Å². The molecule has 3 rings (SSSR count). The third kappa shape index (κ3) is 2.88. The van der Waals surface area contributed by atoms with Crippen molar-refractivity contribution < 1.29 is 9.21 Å². The van der Waals surface area contributed by atoms with Crippen LogP contribution in [0.5, 0.6) is 0 Å². The van der Waals surface area contributed by atoms with Gasteiger partial charge < -0.3 is 10.2 Å². The predicted molar refractivity (Wildman–Crippen MR) is 73.7 cm³/mol. The molecule has 1 aromatic carbocycles. The van der Waals surface area contributed by atoms with Crippen LogP contribution >= 0.6 is 0 Å². The Morgan fingerprint density at radius 3 is 2.80 bits per heavy atom. The fraction of sp³-hybridized carbons (Fsp3) is 0.333. The quantitative estimate of drug-likeness (QED) is 0.840. The molecule has 0 aliphatic heterocycles. The number of carbonyl (C=O) groups is 1. The summed E-state index contributed by atoms with van der Waals surface area (Å²) in [6, 6.07) is 8.89. The molecule has 5 nitrogen and oxygen atoms in total. The number of nitrogens with two attached hydrogens (primary N) is 1. The Labute approximate surface area is 117 Å². The zero-order valence-electron chi connectivity index (χ0n) is 11.1. The minimum Gasteiger partial charge on any atom is -0.444 e. The lowest BCUT2D eigenvalue weighted by Crippen LogP contribution is -2.33. The van der Waals surface area contributed by atoms with Crippen molar-refractivity contribution in [3.8, 4) is 0 Å². The van der Waals surface area contributed by atoms with Crippen LogP contribution in [-0.2, 0) is 11.3 Å². The lowest BCUT2D eigenvalue weighted by atomic mass is 10.1. The molecule has 1 saturated carbocycles. The van der Waals surface area contributed by atoms with Crippen LogP contribution in [0.15, 0.2) is 40.9 Å². The SMILES string of the molecule is NC(=O)C(NCc1cnc(C2CC2)o1)c1ccccc1. The smallest absolute Gasteiger partial charge is 0.239 e. The van der Waals surface area contributed by atoms with E-state index in [-0.39, 0.29) is 0 Å². The van der Waals surface area contributed by atoms with Gasteiger partial charge in [-0.2, -0.15) is 0 Å². The van der Waals surface area contributed by atoms with Gasteiger partial charge in [0.1, 0.15) is 11.8 Å². The number of hydrogen-bond donors (Lipinski definition) is 2. The second-order valence-corrected chi connectivity index (χ2v) is 5.07. The van der Waals surface area contributed by atoms with Crippen molar-refractivity contribution in [2.24, 2.45) is 5.73 Å². The average Bonchev–Trinajstić information content (AvgIpc) is 3.20. The normalized spacial score (nSPS) is 16.0. The van der Waals surface area contributed by atoms with Crippen molar-refractivity contribution in [1.82, 2.24) is 10.3 Å². The van der Waals surface area contributed by atoms with E-state index in [0.29, 0.717) is 12.5 Å². The topological polar surface area (TPSA) is 81.2 Å². The summed E-state index contributed by atoms with van der Waals surface area (Å²) in [7, 11) is 0. The van der Waals surface area contributed by atoms with Crippen LogP contribution in [0.4, 0.5) is 0 Å². The molecule has 0 bridgehead atoms. The number of hydrogen-bond acceptors (Lipinski definition) is 4. The molecule has 1 aromatic heterocycles. The molecule has 0 radical (unpaired) electrons. The molecule has 3 N–H and O–H groups in total. The van der Waals surface area contributed by atoms with Crippen LogP contribution in [0.2, 0.25) is 0 Å². The van der Waals surface area contributed by atoms with Crippen molar-refractivity contribution in [3.05, 3.63) is 53.7 Å². The molecule has 1 aliphatic carbocycles. The van der Waals surface area contributed by atoms with E-state index >= 15 is 0 Å². The largest absolute Gasteiger partial charge is 0.444 e. The number of oxazole rings is 1. The summed E-state index contributed by atoms with van der Waals surface area (Å²) in [4.78, 5) is 15.8. The third-order valence-electron chi connectivity index (χ3n) is 3.40. The van der Waals surface area contributed by atoms with E-state index in [1.54, 1.807) is 6.20 Å². The van der Waals surface area contributed by atoms with E-state index in [4.69, 9.17) is 10.2 Å². The first-order chi connectivity index (χ1) is 9.74. The molecule has 1 aliphatic rings. The third-order valence-corrected chi connectivity index (χ3v) is 3.40. The number of nitrogens with zero attached hydrogens (tertiary/aromatic N) is 1. The molecule has 5 heteroatoms. The summed E-state index contributed by atoms with van der Waals surface area (Å²) in [6.45, 7) is 0.433. The molecular weight excluding hydrogens is 254 g/mol. The molecule has 0 spiro atoms. The Morgan fingerprint density at radius 2 is 2.15 bits per heavy atom. The van der Waals surface area contributed by atoms with Gasteiger partial charge in [0.25, 0.3) is 0 Å². The first-order valence-electron chi connectivity index (χ1n) is 6.76. The Balaban J connectivity index is 1.66. The molecule has 104 valence electrons. The first-order valence-corrected chi connectivity index (χ1v) is 6.76. The summed E-state index contributed by atoms with van der Waals surface area (Å²) in [5.74, 6) is 1.62. The van der Waals surface area contributed by atoms with Crippen LogP contribution in [0.1, 0.15) is 42.0 Å². The van der Waals surface area contributed by atoms with Gasteiger partial charge in [-0.25, -0.2) is 4.98 Å². The van der Waals surface area contributed by atoms with Crippen molar-refractivity contribution in [3.63, 3.8) is 0 Å². The second-order valence-electron chi connectivity index (χ2n) is 5.07. The van der Waals surface area contributed by atoms with Gasteiger partial charge in [-0.1, -0.05) is 30.3 Å². The van der Waals surface area contributed by atoms with E-state index in [2.05, 4.69) is 10.3 Å². The number of benzene rings is 1. The lowest BCUT2D eigenvalue weighted by Gasteiger charge is -2.14. The Hall–Kier alpha value is -2.14. The van der Waals surface area contributed by atoms with Crippen molar-refractivity contribution in [2.75, 3.05) is 0 Å². The van der Waals surface area contributed by atoms with Gasteiger partial charge in [-0.15, -0.1) is 0 Å². The van der Waals surface area contributed by atoms with Crippen LogP contribution < -0.4 is 11.1 Å². The minimum atomic E-state index is -0.523. The van der Waals surface area contributed by atoms with E-state index in [1.807, 2.05) is 30.3 Å². The highest BCUT2D eigenvalue weighted by Crippen LogP contribution is 2.39. The molecule has 1 unspecified atom stereocenters. The summed E-state index contributed by atoms with van der Waals surface area (Å²) in [5.41, 5.74) is 6.30. The highest BCUT2D eigenvalue weighted by atomic mass is 16.4. The fourth-order valence-electron chi connectivity index (χ4n) is 2.15. The lowest BCUT2D eigenvalue weighted by molar-refractivity contribution is -0.120. The molecule has 1 fully saturated rings. The Bertz CT molecular complexity index is 590. The summed E-state index contributed by atoms with van der Waals surface area (Å²) in [5, 5.41) is 3.12. The van der Waals surface area contributed by atoms with Crippen molar-refractivity contribution >= 4 is 5.91 Å². The van der Waals surface area contributed by atoms with Gasteiger partial charge in [-0.3, -0.25) is 10.1 Å². The fourth-order valence-corrected chi connectivity index (χ4v) is 2.15. The van der Waals surface area contributed by atoms with Crippen LogP contribution in [0, 0.1) is 0 Å². The van der Waals surface area contributed by atoms with Crippen LogP contribution in [-0.4, -0.2) is 10.9 Å². The standard InChI is InChI=1S/C15H17N3O2/c16-14(19)13(10-4-2-1-3-5-10)17-8-12-9-18-15(20-12)11-6-7-11/h1-5,9,11,13,17H,6-8H2,(H2,16,19). The maximum absolute atomic E-state index is 11.6. The first kappa shape index (κ1) is 12.9. The second kappa shape index (κ2) is 5.46. The van der Waals surface area contributed by atoms with Gasteiger partial charge in [-0.05, 0) is 18.4 Å². The van der Waals surface area contributed by atoms with E-state index in [0.717, 1.165) is 30.1 Å². The molecule has 2 aromatic rings. The number of rotatable bonds is 6. The monoisotopic (exact) mass is 271 g/mol. The maximum atomic E-state index is 11.6. The van der Waals surface area contributed by atoms with Gasteiger partial charge in [0.2, 0.25) is 5.91 Å². The number of amides is 1. The highest BCUT2D eigenvalue weighted by Gasteiger charge is 2.28.